The molecular weight excluding hydrogens is 182 g/mol. The number of aldehydes is 1. The standard InChI is InChI=1S/C7H6F2N2O2/c8-6(9)4-13-7-10-1-5(3-12)2-11-7/h1-3,6H,4H2. The lowest BCUT2D eigenvalue weighted by Gasteiger charge is -2.01. The Morgan fingerprint density at radius 3 is 2.54 bits per heavy atom. The van der Waals surface area contributed by atoms with E-state index in [2.05, 4.69) is 14.7 Å². The van der Waals surface area contributed by atoms with Crippen LogP contribution in [0.1, 0.15) is 10.4 Å². The van der Waals surface area contributed by atoms with Gasteiger partial charge in [0.05, 0.1) is 5.56 Å². The Balaban J connectivity index is 2.54. The minimum Gasteiger partial charge on any atom is -0.457 e. The van der Waals surface area contributed by atoms with E-state index in [1.165, 1.54) is 12.4 Å². The SMILES string of the molecule is O=Cc1cnc(OCC(F)F)nc1. The molecule has 0 atom stereocenters. The van der Waals surface area contributed by atoms with E-state index in [4.69, 9.17) is 0 Å². The summed E-state index contributed by atoms with van der Waals surface area (Å²) < 4.78 is 27.7. The molecule has 0 amide bonds. The maximum Gasteiger partial charge on any atom is 0.316 e. The second-order valence-electron chi connectivity index (χ2n) is 2.12. The van der Waals surface area contributed by atoms with Crippen LogP contribution >= 0.6 is 0 Å². The number of nitrogens with zero attached hydrogens (tertiary/aromatic N) is 2. The molecule has 0 aliphatic heterocycles. The number of hydrogen-bond acceptors (Lipinski definition) is 4. The van der Waals surface area contributed by atoms with Gasteiger partial charge in [0, 0.05) is 12.4 Å². The highest BCUT2D eigenvalue weighted by Crippen LogP contribution is 2.02. The monoisotopic (exact) mass is 188 g/mol. The van der Waals surface area contributed by atoms with Gasteiger partial charge >= 0.3 is 6.01 Å². The van der Waals surface area contributed by atoms with E-state index in [0.717, 1.165) is 0 Å². The molecule has 0 saturated heterocycles. The summed E-state index contributed by atoms with van der Waals surface area (Å²) in [6, 6.07) is -0.161. The molecule has 0 fully saturated rings. The third kappa shape index (κ3) is 3.10. The average molecular weight is 188 g/mol. The van der Waals surface area contributed by atoms with Gasteiger partial charge < -0.3 is 4.74 Å². The van der Waals surface area contributed by atoms with Gasteiger partial charge in [-0.25, -0.2) is 18.7 Å². The van der Waals surface area contributed by atoms with Crippen LogP contribution in [0.3, 0.4) is 0 Å². The van der Waals surface area contributed by atoms with Crippen LogP contribution in [0, 0.1) is 0 Å². The number of hydrogen-bond donors (Lipinski definition) is 0. The van der Waals surface area contributed by atoms with E-state index in [1.807, 2.05) is 0 Å². The molecule has 1 rings (SSSR count). The molecule has 70 valence electrons. The van der Waals surface area contributed by atoms with Crippen molar-refractivity contribution in [1.82, 2.24) is 9.97 Å². The Hall–Kier alpha value is -1.59. The molecule has 0 bridgehead atoms. The molecule has 0 N–H and O–H groups in total. The summed E-state index contributed by atoms with van der Waals surface area (Å²) in [6.45, 7) is -0.750. The maximum atomic E-state index is 11.6. The third-order valence-corrected chi connectivity index (χ3v) is 1.12. The molecule has 13 heavy (non-hydrogen) atoms. The summed E-state index contributed by atoms with van der Waals surface area (Å²) >= 11 is 0. The Kier molecular flexibility index (Phi) is 3.24. The third-order valence-electron chi connectivity index (χ3n) is 1.12. The number of carbonyl (C=O) groups excluding carboxylic acids is 1. The van der Waals surface area contributed by atoms with E-state index in [9.17, 15) is 13.6 Å². The highest BCUT2D eigenvalue weighted by molar-refractivity contribution is 5.73. The zero-order valence-electron chi connectivity index (χ0n) is 6.48. The van der Waals surface area contributed by atoms with Gasteiger partial charge in [0.25, 0.3) is 6.43 Å². The Morgan fingerprint density at radius 1 is 1.46 bits per heavy atom. The molecule has 0 aliphatic carbocycles. The van der Waals surface area contributed by atoms with Crippen molar-refractivity contribution in [3.05, 3.63) is 18.0 Å². The molecule has 0 saturated carbocycles. The van der Waals surface area contributed by atoms with E-state index in [1.54, 1.807) is 0 Å². The van der Waals surface area contributed by atoms with Gasteiger partial charge in [-0.2, -0.15) is 0 Å². The van der Waals surface area contributed by atoms with Crippen LogP contribution in [0.4, 0.5) is 8.78 Å². The van der Waals surface area contributed by atoms with Gasteiger partial charge in [0.1, 0.15) is 0 Å². The zero-order valence-corrected chi connectivity index (χ0v) is 6.48. The molecule has 1 heterocycles. The summed E-state index contributed by atoms with van der Waals surface area (Å²) in [5, 5.41) is 0. The predicted octanol–water partition coefficient (Wildman–Crippen LogP) is 0.933. The number of aromatic nitrogens is 2. The van der Waals surface area contributed by atoms with E-state index in [0.29, 0.717) is 6.29 Å². The van der Waals surface area contributed by atoms with Crippen molar-refractivity contribution in [3.63, 3.8) is 0 Å². The summed E-state index contributed by atoms with van der Waals surface area (Å²) in [6.07, 6.45) is 0.382. The van der Waals surface area contributed by atoms with Crippen LogP contribution in [-0.2, 0) is 0 Å². The number of alkyl halides is 2. The van der Waals surface area contributed by atoms with Crippen LogP contribution in [0.25, 0.3) is 0 Å². The number of rotatable bonds is 4. The lowest BCUT2D eigenvalue weighted by Crippen LogP contribution is -2.09. The van der Waals surface area contributed by atoms with Gasteiger partial charge in [0.2, 0.25) is 0 Å². The van der Waals surface area contributed by atoms with Crippen molar-refractivity contribution in [2.75, 3.05) is 6.61 Å². The average Bonchev–Trinajstić information content (AvgIpc) is 2.15. The second-order valence-corrected chi connectivity index (χ2v) is 2.12. The van der Waals surface area contributed by atoms with Gasteiger partial charge in [-0.15, -0.1) is 0 Å². The lowest BCUT2D eigenvalue weighted by atomic mass is 10.4. The highest BCUT2D eigenvalue weighted by atomic mass is 19.3. The summed E-state index contributed by atoms with van der Waals surface area (Å²) in [5.41, 5.74) is 0.268. The molecule has 0 spiro atoms. The van der Waals surface area contributed by atoms with Gasteiger partial charge in [-0.1, -0.05) is 0 Å². The van der Waals surface area contributed by atoms with E-state index >= 15 is 0 Å². The second kappa shape index (κ2) is 4.44. The van der Waals surface area contributed by atoms with Gasteiger partial charge in [-0.05, 0) is 0 Å². The normalized spacial score (nSPS) is 10.1. The fourth-order valence-electron chi connectivity index (χ4n) is 0.599. The fraction of sp³-hybridized carbons (Fsp3) is 0.286. The Bertz CT molecular complexity index is 276. The zero-order chi connectivity index (χ0) is 9.68. The van der Waals surface area contributed by atoms with Gasteiger partial charge in [0.15, 0.2) is 12.9 Å². The van der Waals surface area contributed by atoms with Crippen molar-refractivity contribution in [3.8, 4) is 6.01 Å². The van der Waals surface area contributed by atoms with Crippen LogP contribution < -0.4 is 4.74 Å². The minimum atomic E-state index is -2.56. The van der Waals surface area contributed by atoms with Crippen molar-refractivity contribution >= 4 is 6.29 Å². The highest BCUT2D eigenvalue weighted by Gasteiger charge is 2.04. The summed E-state index contributed by atoms with van der Waals surface area (Å²) in [4.78, 5) is 17.2. The van der Waals surface area contributed by atoms with E-state index in [-0.39, 0.29) is 11.6 Å². The molecule has 0 aromatic carbocycles. The van der Waals surface area contributed by atoms with Crippen LogP contribution in [0.5, 0.6) is 6.01 Å². The number of halogens is 2. The molecular formula is C7H6F2N2O2. The lowest BCUT2D eigenvalue weighted by molar-refractivity contribution is 0.0769. The van der Waals surface area contributed by atoms with Crippen molar-refractivity contribution < 1.29 is 18.3 Å². The topological polar surface area (TPSA) is 52.1 Å². The first-order valence-corrected chi connectivity index (χ1v) is 3.40. The first-order valence-electron chi connectivity index (χ1n) is 3.40. The molecule has 0 aliphatic rings. The smallest absolute Gasteiger partial charge is 0.316 e. The molecule has 4 nitrogen and oxygen atoms in total. The van der Waals surface area contributed by atoms with Crippen LogP contribution in [0.2, 0.25) is 0 Å². The first-order chi connectivity index (χ1) is 6.22. The van der Waals surface area contributed by atoms with Crippen molar-refractivity contribution in [2.24, 2.45) is 0 Å². The first kappa shape index (κ1) is 9.50. The summed E-state index contributed by atoms with van der Waals surface area (Å²) in [7, 11) is 0. The Labute approximate surface area is 72.6 Å². The molecule has 0 unspecified atom stereocenters. The maximum absolute atomic E-state index is 11.6. The Morgan fingerprint density at radius 2 is 2.08 bits per heavy atom. The van der Waals surface area contributed by atoms with Crippen molar-refractivity contribution in [1.29, 1.82) is 0 Å². The molecule has 6 heteroatoms. The predicted molar refractivity (Wildman–Crippen MR) is 38.9 cm³/mol. The van der Waals surface area contributed by atoms with Crippen molar-refractivity contribution in [2.45, 2.75) is 6.43 Å². The molecule has 1 aromatic rings. The molecule has 1 aromatic heterocycles. The summed E-state index contributed by atoms with van der Waals surface area (Å²) in [5.74, 6) is 0. The largest absolute Gasteiger partial charge is 0.457 e. The van der Waals surface area contributed by atoms with Gasteiger partial charge in [-0.3, -0.25) is 4.79 Å². The van der Waals surface area contributed by atoms with Crippen LogP contribution in [0.15, 0.2) is 12.4 Å². The van der Waals surface area contributed by atoms with Crippen LogP contribution in [-0.4, -0.2) is 29.3 Å². The molecule has 0 radical (unpaired) electrons. The number of ether oxygens (including phenoxy) is 1. The minimum absolute atomic E-state index is 0.161. The quantitative estimate of drug-likeness (QED) is 0.659. The number of carbonyl (C=O) groups is 1. The fourth-order valence-corrected chi connectivity index (χ4v) is 0.599. The van der Waals surface area contributed by atoms with E-state index < -0.39 is 13.0 Å².